The Morgan fingerprint density at radius 1 is 1.31 bits per heavy atom. The first-order chi connectivity index (χ1) is 12.2. The van der Waals surface area contributed by atoms with Crippen LogP contribution in [0, 0.1) is 5.92 Å². The number of hydrogen-bond acceptors (Lipinski definition) is 3. The van der Waals surface area contributed by atoms with E-state index in [1.54, 1.807) is 18.2 Å². The minimum absolute atomic E-state index is 0.263. The molecule has 0 aliphatic carbocycles. The quantitative estimate of drug-likeness (QED) is 0.824. The molecule has 1 aromatic carbocycles. The van der Waals surface area contributed by atoms with Crippen molar-refractivity contribution in [3.05, 3.63) is 23.2 Å². The highest BCUT2D eigenvalue weighted by atomic mass is 35.5. The van der Waals surface area contributed by atoms with Crippen LogP contribution in [0.15, 0.2) is 18.2 Å². The number of likely N-dealkylation sites (tertiary alicyclic amines) is 1. The monoisotopic (exact) mass is 393 g/mol. The van der Waals surface area contributed by atoms with Gasteiger partial charge in [-0.05, 0) is 31.0 Å². The lowest BCUT2D eigenvalue weighted by atomic mass is 9.96. The Morgan fingerprint density at radius 3 is 2.54 bits per heavy atom. The van der Waals surface area contributed by atoms with Crippen LogP contribution < -0.4 is 15.4 Å². The number of piperidine rings is 1. The fourth-order valence-corrected chi connectivity index (χ4v) is 2.82. The lowest BCUT2D eigenvalue weighted by molar-refractivity contribution is -0.141. The van der Waals surface area contributed by atoms with Crippen molar-refractivity contribution in [1.82, 2.24) is 10.2 Å². The van der Waals surface area contributed by atoms with Gasteiger partial charge in [-0.3, -0.25) is 4.79 Å². The molecule has 1 aliphatic heterocycles. The van der Waals surface area contributed by atoms with Gasteiger partial charge >= 0.3 is 12.2 Å². The van der Waals surface area contributed by atoms with Crippen LogP contribution in [0.25, 0.3) is 0 Å². The van der Waals surface area contributed by atoms with Crippen molar-refractivity contribution < 1.29 is 27.5 Å². The predicted octanol–water partition coefficient (Wildman–Crippen LogP) is 3.27. The highest BCUT2D eigenvalue weighted by Crippen LogP contribution is 2.28. The summed E-state index contributed by atoms with van der Waals surface area (Å²) in [7, 11) is 1.46. The fourth-order valence-electron chi connectivity index (χ4n) is 2.65. The van der Waals surface area contributed by atoms with Gasteiger partial charge in [0.2, 0.25) is 5.91 Å². The van der Waals surface area contributed by atoms with Gasteiger partial charge in [0.05, 0.1) is 12.8 Å². The van der Waals surface area contributed by atoms with Crippen LogP contribution in [0.2, 0.25) is 5.02 Å². The van der Waals surface area contributed by atoms with Gasteiger partial charge in [0.1, 0.15) is 12.3 Å². The maximum Gasteiger partial charge on any atom is 0.405 e. The van der Waals surface area contributed by atoms with Crippen molar-refractivity contribution >= 4 is 29.2 Å². The zero-order valence-electron chi connectivity index (χ0n) is 14.0. The number of nitrogens with zero attached hydrogens (tertiary/aromatic N) is 1. The number of anilines is 1. The molecule has 0 bridgehead atoms. The highest BCUT2D eigenvalue weighted by molar-refractivity contribution is 6.31. The minimum Gasteiger partial charge on any atom is -0.495 e. The molecule has 0 unspecified atom stereocenters. The maximum atomic E-state index is 12.3. The summed E-state index contributed by atoms with van der Waals surface area (Å²) in [6, 6.07) is 4.41. The first-order valence-electron chi connectivity index (χ1n) is 7.93. The summed E-state index contributed by atoms with van der Waals surface area (Å²) < 4.78 is 41.6. The molecule has 1 heterocycles. The number of amides is 3. The molecule has 1 saturated heterocycles. The van der Waals surface area contributed by atoms with Crippen molar-refractivity contribution in [1.29, 1.82) is 0 Å². The van der Waals surface area contributed by atoms with Gasteiger partial charge in [-0.15, -0.1) is 0 Å². The van der Waals surface area contributed by atoms with Gasteiger partial charge in [-0.25, -0.2) is 4.79 Å². The van der Waals surface area contributed by atoms with Gasteiger partial charge in [-0.2, -0.15) is 13.2 Å². The average molecular weight is 394 g/mol. The van der Waals surface area contributed by atoms with E-state index < -0.39 is 24.5 Å². The van der Waals surface area contributed by atoms with E-state index in [0.29, 0.717) is 29.3 Å². The Hall–Kier alpha value is -2.16. The van der Waals surface area contributed by atoms with Crippen LogP contribution in [-0.2, 0) is 4.79 Å². The van der Waals surface area contributed by atoms with Crippen molar-refractivity contribution in [2.45, 2.75) is 19.0 Å². The molecule has 0 aromatic heterocycles. The third kappa shape index (κ3) is 5.69. The van der Waals surface area contributed by atoms with Gasteiger partial charge in [0.25, 0.3) is 0 Å². The smallest absolute Gasteiger partial charge is 0.405 e. The summed E-state index contributed by atoms with van der Waals surface area (Å²) in [6.45, 7) is -0.821. The standard InChI is InChI=1S/C16H19ClF3N3O3/c1-26-13-3-2-11(17)8-12(13)22-15(25)23-6-4-10(5-7-23)14(24)21-9-16(18,19)20/h2-3,8,10H,4-7,9H2,1H3,(H,21,24)(H,22,25). The first-order valence-corrected chi connectivity index (χ1v) is 8.31. The molecular weight excluding hydrogens is 375 g/mol. The average Bonchev–Trinajstić information content (AvgIpc) is 2.59. The second-order valence-corrected chi connectivity index (χ2v) is 6.31. The van der Waals surface area contributed by atoms with Crippen molar-refractivity contribution in [2.24, 2.45) is 5.92 Å². The molecule has 1 fully saturated rings. The number of hydrogen-bond donors (Lipinski definition) is 2. The number of carbonyl (C=O) groups excluding carboxylic acids is 2. The van der Waals surface area contributed by atoms with Crippen molar-refractivity contribution in [3.8, 4) is 5.75 Å². The molecule has 10 heteroatoms. The summed E-state index contributed by atoms with van der Waals surface area (Å²) in [5.41, 5.74) is 0.412. The molecule has 6 nitrogen and oxygen atoms in total. The lowest BCUT2D eigenvalue weighted by Gasteiger charge is -2.31. The zero-order chi connectivity index (χ0) is 19.3. The number of ether oxygens (including phenoxy) is 1. The van der Waals surface area contributed by atoms with Gasteiger partial charge in [-0.1, -0.05) is 11.6 Å². The molecule has 2 N–H and O–H groups in total. The number of nitrogens with one attached hydrogen (secondary N) is 2. The van der Waals surface area contributed by atoms with Crippen LogP contribution in [-0.4, -0.2) is 49.8 Å². The number of halogens is 4. The van der Waals surface area contributed by atoms with E-state index in [0.717, 1.165) is 0 Å². The SMILES string of the molecule is COc1ccc(Cl)cc1NC(=O)N1CCC(C(=O)NCC(F)(F)F)CC1. The second-order valence-electron chi connectivity index (χ2n) is 5.87. The number of carbonyl (C=O) groups is 2. The third-order valence-electron chi connectivity index (χ3n) is 4.02. The Bertz CT molecular complexity index is 662. The first kappa shape index (κ1) is 20.2. The van der Waals surface area contributed by atoms with Crippen LogP contribution in [0.4, 0.5) is 23.7 Å². The third-order valence-corrected chi connectivity index (χ3v) is 4.25. The van der Waals surface area contributed by atoms with Gasteiger partial charge in [0.15, 0.2) is 0 Å². The summed E-state index contributed by atoms with van der Waals surface area (Å²) in [4.78, 5) is 25.6. The molecule has 26 heavy (non-hydrogen) atoms. The molecular formula is C16H19ClF3N3O3. The normalized spacial score (nSPS) is 15.5. The molecule has 0 spiro atoms. The summed E-state index contributed by atoms with van der Waals surface area (Å²) in [6.07, 6.45) is -3.85. The molecule has 144 valence electrons. The van der Waals surface area contributed by atoms with Crippen LogP contribution >= 0.6 is 11.6 Å². The van der Waals surface area contributed by atoms with Crippen LogP contribution in [0.1, 0.15) is 12.8 Å². The zero-order valence-corrected chi connectivity index (χ0v) is 14.8. The molecule has 0 saturated carbocycles. The van der Waals surface area contributed by atoms with E-state index >= 15 is 0 Å². The number of benzene rings is 1. The Labute approximate surface area is 153 Å². The molecule has 0 atom stereocenters. The summed E-state index contributed by atoms with van der Waals surface area (Å²) >= 11 is 5.91. The molecule has 3 amide bonds. The minimum atomic E-state index is -4.44. The largest absolute Gasteiger partial charge is 0.495 e. The second kappa shape index (κ2) is 8.48. The van der Waals surface area contributed by atoms with E-state index in [2.05, 4.69) is 5.32 Å². The lowest BCUT2D eigenvalue weighted by Crippen LogP contribution is -2.45. The van der Waals surface area contributed by atoms with E-state index in [-0.39, 0.29) is 19.1 Å². The Morgan fingerprint density at radius 2 is 1.96 bits per heavy atom. The van der Waals surface area contributed by atoms with E-state index in [1.165, 1.54) is 12.0 Å². The van der Waals surface area contributed by atoms with Gasteiger partial charge in [0, 0.05) is 24.0 Å². The molecule has 0 radical (unpaired) electrons. The Balaban J connectivity index is 1.87. The van der Waals surface area contributed by atoms with E-state index in [4.69, 9.17) is 16.3 Å². The molecule has 2 rings (SSSR count). The number of alkyl halides is 3. The predicted molar refractivity (Wildman–Crippen MR) is 90.4 cm³/mol. The number of methoxy groups -OCH3 is 1. The molecule has 1 aliphatic rings. The van der Waals surface area contributed by atoms with Crippen LogP contribution in [0.3, 0.4) is 0 Å². The van der Waals surface area contributed by atoms with Crippen molar-refractivity contribution in [3.63, 3.8) is 0 Å². The Kier molecular flexibility index (Phi) is 6.57. The molecule has 1 aromatic rings. The fraction of sp³-hybridized carbons (Fsp3) is 0.500. The number of rotatable bonds is 4. The topological polar surface area (TPSA) is 70.7 Å². The summed E-state index contributed by atoms with van der Waals surface area (Å²) in [5.74, 6) is -0.731. The van der Waals surface area contributed by atoms with E-state index in [1.807, 2.05) is 5.32 Å². The van der Waals surface area contributed by atoms with Gasteiger partial charge < -0.3 is 20.3 Å². The highest BCUT2D eigenvalue weighted by Gasteiger charge is 2.32. The maximum absolute atomic E-state index is 12.3. The number of urea groups is 1. The van der Waals surface area contributed by atoms with E-state index in [9.17, 15) is 22.8 Å². The van der Waals surface area contributed by atoms with Crippen molar-refractivity contribution in [2.75, 3.05) is 32.1 Å². The summed E-state index contributed by atoms with van der Waals surface area (Å²) in [5, 5.41) is 5.00. The van der Waals surface area contributed by atoms with Crippen LogP contribution in [0.5, 0.6) is 5.75 Å².